The molecule has 18 heavy (non-hydrogen) atoms. The number of carbonyl (C=O) groups excluding carboxylic acids is 1. The first-order valence-corrected chi connectivity index (χ1v) is 7.42. The molecule has 1 amide bonds. The molecule has 98 valence electrons. The lowest BCUT2D eigenvalue weighted by Gasteiger charge is -2.32. The topological polar surface area (TPSA) is 33.2 Å². The van der Waals surface area contributed by atoms with E-state index in [4.69, 9.17) is 0 Å². The van der Waals surface area contributed by atoms with Gasteiger partial charge in [-0.15, -0.1) is 11.8 Å². The van der Waals surface area contributed by atoms with E-state index in [0.717, 1.165) is 36.4 Å². The fraction of sp³-hybridized carbons (Fsp3) is 0.571. The lowest BCUT2D eigenvalue weighted by atomic mass is 9.97. The van der Waals surface area contributed by atoms with Crippen LogP contribution >= 0.6 is 11.8 Å². The van der Waals surface area contributed by atoms with Crippen LogP contribution in [0.25, 0.3) is 0 Å². The predicted molar refractivity (Wildman–Crippen MR) is 74.6 cm³/mol. The van der Waals surface area contributed by atoms with Crippen LogP contribution in [0.1, 0.15) is 44.7 Å². The average Bonchev–Trinajstić information content (AvgIpc) is 2.39. The zero-order valence-corrected chi connectivity index (χ0v) is 11.8. The van der Waals surface area contributed by atoms with E-state index >= 15 is 0 Å². The lowest BCUT2D eigenvalue weighted by molar-refractivity contribution is -0.121. The average molecular weight is 264 g/mol. The molecule has 2 rings (SSSR count). The Morgan fingerprint density at radius 2 is 2.28 bits per heavy atom. The second-order valence-electron chi connectivity index (χ2n) is 4.95. The number of piperidine rings is 1. The van der Waals surface area contributed by atoms with Crippen molar-refractivity contribution in [3.05, 3.63) is 23.9 Å². The highest BCUT2D eigenvalue weighted by molar-refractivity contribution is 7.99. The van der Waals surface area contributed by atoms with E-state index in [9.17, 15) is 4.79 Å². The van der Waals surface area contributed by atoms with E-state index in [1.807, 2.05) is 11.1 Å². The molecule has 1 saturated heterocycles. The molecule has 1 fully saturated rings. The summed E-state index contributed by atoms with van der Waals surface area (Å²) in [6.45, 7) is 5.20. The minimum Gasteiger partial charge on any atom is -0.338 e. The highest BCUT2D eigenvalue weighted by Gasteiger charge is 2.22. The Bertz CT molecular complexity index is 391. The molecule has 3 nitrogen and oxygen atoms in total. The molecular formula is C14H20N2OS. The van der Waals surface area contributed by atoms with Crippen LogP contribution in [0.4, 0.5) is 0 Å². The van der Waals surface area contributed by atoms with Gasteiger partial charge in [0.15, 0.2) is 0 Å². The lowest BCUT2D eigenvalue weighted by Crippen LogP contribution is -2.32. The van der Waals surface area contributed by atoms with Gasteiger partial charge in [0.05, 0.1) is 11.1 Å². The van der Waals surface area contributed by atoms with Gasteiger partial charge in [0.2, 0.25) is 6.41 Å². The molecule has 0 aliphatic carbocycles. The maximum absolute atomic E-state index is 11.1. The molecule has 2 heterocycles. The SMILES string of the molecule is CC(C)Sc1ccc([C@@H]2CCCCN2C=O)cn1. The minimum absolute atomic E-state index is 0.224. The van der Waals surface area contributed by atoms with Crippen molar-refractivity contribution < 1.29 is 4.79 Å². The molecule has 0 aromatic carbocycles. The Kier molecular flexibility index (Phi) is 4.64. The van der Waals surface area contributed by atoms with Gasteiger partial charge in [0.25, 0.3) is 0 Å². The van der Waals surface area contributed by atoms with Gasteiger partial charge in [-0.3, -0.25) is 4.79 Å². The number of nitrogens with zero attached hydrogens (tertiary/aromatic N) is 2. The number of hydrogen-bond donors (Lipinski definition) is 0. The number of aromatic nitrogens is 1. The molecule has 0 N–H and O–H groups in total. The molecule has 1 aliphatic rings. The normalized spacial score (nSPS) is 20.2. The largest absolute Gasteiger partial charge is 0.338 e. The number of amides is 1. The van der Waals surface area contributed by atoms with Crippen LogP contribution in [-0.4, -0.2) is 28.1 Å². The molecule has 0 bridgehead atoms. The third kappa shape index (κ3) is 3.25. The number of hydrogen-bond acceptors (Lipinski definition) is 3. The van der Waals surface area contributed by atoms with Gasteiger partial charge in [0.1, 0.15) is 0 Å². The van der Waals surface area contributed by atoms with Gasteiger partial charge >= 0.3 is 0 Å². The summed E-state index contributed by atoms with van der Waals surface area (Å²) in [5.74, 6) is 0. The summed E-state index contributed by atoms with van der Waals surface area (Å²) in [7, 11) is 0. The van der Waals surface area contributed by atoms with Crippen LogP contribution in [0.15, 0.2) is 23.4 Å². The van der Waals surface area contributed by atoms with Gasteiger partial charge in [-0.05, 0) is 30.9 Å². The molecule has 0 saturated carbocycles. The first kappa shape index (κ1) is 13.4. The first-order chi connectivity index (χ1) is 8.70. The zero-order valence-electron chi connectivity index (χ0n) is 11.0. The van der Waals surface area contributed by atoms with Gasteiger partial charge < -0.3 is 4.90 Å². The molecule has 0 spiro atoms. The Hall–Kier alpha value is -1.03. The van der Waals surface area contributed by atoms with Crippen molar-refractivity contribution in [2.75, 3.05) is 6.54 Å². The van der Waals surface area contributed by atoms with Gasteiger partial charge in [-0.1, -0.05) is 19.9 Å². The molecule has 1 aromatic heterocycles. The highest BCUT2D eigenvalue weighted by atomic mass is 32.2. The Morgan fingerprint density at radius 3 is 2.89 bits per heavy atom. The minimum atomic E-state index is 0.224. The van der Waals surface area contributed by atoms with E-state index in [2.05, 4.69) is 31.0 Å². The predicted octanol–water partition coefficient (Wildman–Crippen LogP) is 3.27. The van der Waals surface area contributed by atoms with E-state index in [0.29, 0.717) is 5.25 Å². The fourth-order valence-electron chi connectivity index (χ4n) is 2.34. The quantitative estimate of drug-likeness (QED) is 0.618. The summed E-state index contributed by atoms with van der Waals surface area (Å²) in [4.78, 5) is 17.4. The third-order valence-electron chi connectivity index (χ3n) is 3.18. The Labute approximate surface area is 113 Å². The van der Waals surface area contributed by atoms with Gasteiger partial charge in [-0.25, -0.2) is 4.98 Å². The van der Waals surface area contributed by atoms with Crippen molar-refractivity contribution in [1.82, 2.24) is 9.88 Å². The molecule has 1 atom stereocenters. The summed E-state index contributed by atoms with van der Waals surface area (Å²) in [6, 6.07) is 4.41. The standard InChI is InChI=1S/C14H20N2OS/c1-11(2)18-14-7-6-12(9-15-14)13-5-3-4-8-16(13)10-17/h6-7,9-11,13H,3-5,8H2,1-2H3/t13-/m0/s1. The summed E-state index contributed by atoms with van der Waals surface area (Å²) in [6.07, 6.45) is 6.26. The number of carbonyl (C=O) groups is 1. The van der Waals surface area contributed by atoms with Crippen molar-refractivity contribution in [3.8, 4) is 0 Å². The van der Waals surface area contributed by atoms with Crippen LogP contribution in [0, 0.1) is 0 Å². The molecule has 0 radical (unpaired) electrons. The van der Waals surface area contributed by atoms with Crippen molar-refractivity contribution in [2.45, 2.75) is 49.4 Å². The molecule has 4 heteroatoms. The molecule has 1 aliphatic heterocycles. The van der Waals surface area contributed by atoms with Crippen LogP contribution in [0.3, 0.4) is 0 Å². The Balaban J connectivity index is 2.10. The number of rotatable bonds is 4. The third-order valence-corrected chi connectivity index (χ3v) is 4.13. The number of likely N-dealkylation sites (tertiary alicyclic amines) is 1. The van der Waals surface area contributed by atoms with Crippen molar-refractivity contribution >= 4 is 18.2 Å². The zero-order chi connectivity index (χ0) is 13.0. The number of thioether (sulfide) groups is 1. The van der Waals surface area contributed by atoms with E-state index in [1.54, 1.807) is 11.8 Å². The first-order valence-electron chi connectivity index (χ1n) is 6.54. The van der Waals surface area contributed by atoms with Crippen molar-refractivity contribution in [1.29, 1.82) is 0 Å². The second-order valence-corrected chi connectivity index (χ2v) is 6.55. The van der Waals surface area contributed by atoms with Crippen LogP contribution < -0.4 is 0 Å². The van der Waals surface area contributed by atoms with E-state index in [-0.39, 0.29) is 6.04 Å². The van der Waals surface area contributed by atoms with Crippen LogP contribution in [0.2, 0.25) is 0 Å². The smallest absolute Gasteiger partial charge is 0.210 e. The van der Waals surface area contributed by atoms with Crippen LogP contribution in [-0.2, 0) is 4.79 Å². The fourth-order valence-corrected chi connectivity index (χ4v) is 3.08. The van der Waals surface area contributed by atoms with Crippen molar-refractivity contribution in [3.63, 3.8) is 0 Å². The second kappa shape index (κ2) is 6.23. The maximum Gasteiger partial charge on any atom is 0.210 e. The van der Waals surface area contributed by atoms with Crippen LogP contribution in [0.5, 0.6) is 0 Å². The summed E-state index contributed by atoms with van der Waals surface area (Å²) >= 11 is 1.77. The summed E-state index contributed by atoms with van der Waals surface area (Å²) in [5.41, 5.74) is 1.16. The Morgan fingerprint density at radius 1 is 1.44 bits per heavy atom. The van der Waals surface area contributed by atoms with Gasteiger partial charge in [-0.2, -0.15) is 0 Å². The molecular weight excluding hydrogens is 244 g/mol. The molecule has 1 aromatic rings. The summed E-state index contributed by atoms with van der Waals surface area (Å²) < 4.78 is 0. The van der Waals surface area contributed by atoms with Gasteiger partial charge in [0, 0.05) is 18.0 Å². The monoisotopic (exact) mass is 264 g/mol. The summed E-state index contributed by atoms with van der Waals surface area (Å²) in [5, 5.41) is 1.60. The number of pyridine rings is 1. The maximum atomic E-state index is 11.1. The highest BCUT2D eigenvalue weighted by Crippen LogP contribution is 2.30. The van der Waals surface area contributed by atoms with E-state index < -0.39 is 0 Å². The van der Waals surface area contributed by atoms with E-state index in [1.165, 1.54) is 6.42 Å². The molecule has 0 unspecified atom stereocenters. The van der Waals surface area contributed by atoms with Crippen molar-refractivity contribution in [2.24, 2.45) is 0 Å².